The molecule has 1 aromatic heterocycles. The van der Waals surface area contributed by atoms with Gasteiger partial charge in [0, 0.05) is 46.4 Å². The molecular weight excluding hydrogens is 319 g/mol. The number of hydrogen-bond donors (Lipinski definition) is 1. The molecule has 1 aliphatic heterocycles. The van der Waals surface area contributed by atoms with Gasteiger partial charge in [-0.2, -0.15) is 5.26 Å². The number of likely N-dealkylation sites (N-methyl/N-ethyl adjacent to an activating group) is 1. The van der Waals surface area contributed by atoms with E-state index in [1.54, 1.807) is 12.1 Å². The molecule has 0 bridgehead atoms. The van der Waals surface area contributed by atoms with Crippen LogP contribution in [0.2, 0.25) is 10.0 Å². The van der Waals surface area contributed by atoms with E-state index >= 15 is 0 Å². The smallest absolute Gasteiger partial charge is 0.142 e. The second-order valence-electron chi connectivity index (χ2n) is 5.40. The van der Waals surface area contributed by atoms with Crippen LogP contribution < -0.4 is 5.73 Å². The summed E-state index contributed by atoms with van der Waals surface area (Å²) in [4.78, 5) is 6.60. The fourth-order valence-corrected chi connectivity index (χ4v) is 3.32. The van der Waals surface area contributed by atoms with Gasteiger partial charge in [0.25, 0.3) is 0 Å². The second kappa shape index (κ2) is 5.77. The molecule has 0 fully saturated rings. The topological polar surface area (TPSA) is 65.9 Å². The fourth-order valence-electron chi connectivity index (χ4n) is 2.82. The van der Waals surface area contributed by atoms with Crippen LogP contribution >= 0.6 is 23.2 Å². The van der Waals surface area contributed by atoms with Crippen molar-refractivity contribution in [1.29, 1.82) is 5.26 Å². The molecule has 0 saturated carbocycles. The van der Waals surface area contributed by atoms with Crippen LogP contribution in [0.15, 0.2) is 18.2 Å². The number of fused-ring (bicyclic) bond motifs is 1. The van der Waals surface area contributed by atoms with Gasteiger partial charge in [-0.15, -0.1) is 0 Å². The highest BCUT2D eigenvalue weighted by molar-refractivity contribution is 6.36. The lowest BCUT2D eigenvalue weighted by Crippen LogP contribution is -2.28. The van der Waals surface area contributed by atoms with E-state index in [-0.39, 0.29) is 5.82 Å². The van der Waals surface area contributed by atoms with Gasteiger partial charge < -0.3 is 10.6 Å². The first kappa shape index (κ1) is 15.1. The van der Waals surface area contributed by atoms with Crippen LogP contribution in [0.25, 0.3) is 11.1 Å². The van der Waals surface area contributed by atoms with Crippen LogP contribution in [-0.4, -0.2) is 23.5 Å². The summed E-state index contributed by atoms with van der Waals surface area (Å²) >= 11 is 12.3. The number of pyridine rings is 1. The highest BCUT2D eigenvalue weighted by atomic mass is 35.5. The molecule has 6 heteroatoms. The normalized spacial score (nSPS) is 14.5. The maximum atomic E-state index is 9.52. The predicted molar refractivity (Wildman–Crippen MR) is 88.9 cm³/mol. The largest absolute Gasteiger partial charge is 0.383 e. The number of nitrogens with zero attached hydrogens (tertiary/aromatic N) is 3. The molecular formula is C16H14Cl2N4. The Balaban J connectivity index is 2.33. The minimum absolute atomic E-state index is 0.256. The van der Waals surface area contributed by atoms with Gasteiger partial charge in [-0.25, -0.2) is 4.98 Å². The molecule has 0 spiro atoms. The third kappa shape index (κ3) is 2.52. The van der Waals surface area contributed by atoms with Crippen LogP contribution in [0.5, 0.6) is 0 Å². The Labute approximate surface area is 139 Å². The van der Waals surface area contributed by atoms with Crippen molar-refractivity contribution in [1.82, 2.24) is 9.88 Å². The first-order valence-electron chi connectivity index (χ1n) is 6.86. The maximum Gasteiger partial charge on any atom is 0.142 e. The van der Waals surface area contributed by atoms with Crippen LogP contribution in [0.3, 0.4) is 0 Å². The van der Waals surface area contributed by atoms with E-state index in [0.717, 1.165) is 35.3 Å². The zero-order valence-corrected chi connectivity index (χ0v) is 13.5. The average Bonchev–Trinajstić information content (AvgIpc) is 2.47. The van der Waals surface area contributed by atoms with Gasteiger partial charge in [0.2, 0.25) is 0 Å². The van der Waals surface area contributed by atoms with Gasteiger partial charge in [-0.05, 0) is 24.7 Å². The number of nitrogen functional groups attached to an aromatic ring is 1. The van der Waals surface area contributed by atoms with Crippen molar-refractivity contribution in [2.24, 2.45) is 0 Å². The van der Waals surface area contributed by atoms with Gasteiger partial charge in [0.05, 0.1) is 0 Å². The Hall–Kier alpha value is -1.80. The van der Waals surface area contributed by atoms with Crippen molar-refractivity contribution >= 4 is 29.0 Å². The van der Waals surface area contributed by atoms with Gasteiger partial charge in [0.1, 0.15) is 17.5 Å². The summed E-state index contributed by atoms with van der Waals surface area (Å²) in [6, 6.07) is 7.44. The Morgan fingerprint density at radius 2 is 2.14 bits per heavy atom. The van der Waals surface area contributed by atoms with E-state index in [2.05, 4.69) is 16.0 Å². The number of halogens is 2. The third-order valence-corrected chi connectivity index (χ3v) is 4.43. The van der Waals surface area contributed by atoms with E-state index < -0.39 is 0 Å². The summed E-state index contributed by atoms with van der Waals surface area (Å²) in [7, 11) is 2.04. The van der Waals surface area contributed by atoms with Crippen LogP contribution in [-0.2, 0) is 13.0 Å². The molecule has 3 rings (SSSR count). The molecule has 1 aliphatic rings. The number of benzene rings is 1. The molecule has 4 nitrogen and oxygen atoms in total. The minimum Gasteiger partial charge on any atom is -0.383 e. The van der Waals surface area contributed by atoms with E-state index in [4.69, 9.17) is 28.9 Å². The van der Waals surface area contributed by atoms with Crippen LogP contribution in [0, 0.1) is 11.3 Å². The summed E-state index contributed by atoms with van der Waals surface area (Å²) < 4.78 is 0. The molecule has 0 saturated heterocycles. The molecule has 0 amide bonds. The Morgan fingerprint density at radius 1 is 1.36 bits per heavy atom. The van der Waals surface area contributed by atoms with E-state index in [1.807, 2.05) is 13.1 Å². The SMILES string of the molecule is CN1CCc2nc(N)c(C#N)c(-c3ccc(Cl)cc3Cl)c2C1. The number of hydrogen-bond acceptors (Lipinski definition) is 4. The van der Waals surface area contributed by atoms with Crippen molar-refractivity contribution in [2.45, 2.75) is 13.0 Å². The van der Waals surface area contributed by atoms with E-state index in [0.29, 0.717) is 22.2 Å². The Bertz CT molecular complexity index is 796. The van der Waals surface area contributed by atoms with E-state index in [9.17, 15) is 5.26 Å². The lowest BCUT2D eigenvalue weighted by molar-refractivity contribution is 0.310. The van der Waals surface area contributed by atoms with E-state index in [1.165, 1.54) is 0 Å². The quantitative estimate of drug-likeness (QED) is 0.867. The van der Waals surface area contributed by atoms with Crippen molar-refractivity contribution in [3.8, 4) is 17.2 Å². The summed E-state index contributed by atoms with van der Waals surface area (Å²) in [6.45, 7) is 1.63. The average molecular weight is 333 g/mol. The zero-order chi connectivity index (χ0) is 15.9. The monoisotopic (exact) mass is 332 g/mol. The molecule has 1 aromatic carbocycles. The van der Waals surface area contributed by atoms with Gasteiger partial charge in [-0.3, -0.25) is 0 Å². The molecule has 2 N–H and O–H groups in total. The molecule has 0 aliphatic carbocycles. The van der Waals surface area contributed by atoms with Crippen molar-refractivity contribution < 1.29 is 0 Å². The summed E-state index contributed by atoms with van der Waals surface area (Å²) in [6.07, 6.45) is 0.806. The second-order valence-corrected chi connectivity index (χ2v) is 6.24. The van der Waals surface area contributed by atoms with Crippen molar-refractivity contribution in [3.05, 3.63) is 45.1 Å². The first-order valence-corrected chi connectivity index (χ1v) is 7.62. The lowest BCUT2D eigenvalue weighted by Gasteiger charge is -2.27. The highest BCUT2D eigenvalue weighted by Crippen LogP contribution is 2.39. The standard InChI is InChI=1S/C16H14Cl2N4/c1-22-5-4-14-12(8-22)15(11(7-19)16(20)21-14)10-3-2-9(17)6-13(10)18/h2-3,6H,4-5,8H2,1H3,(H2,20,21). The molecule has 0 atom stereocenters. The molecule has 0 unspecified atom stereocenters. The van der Waals surface area contributed by atoms with Crippen molar-refractivity contribution in [3.63, 3.8) is 0 Å². The molecule has 22 heavy (non-hydrogen) atoms. The molecule has 112 valence electrons. The lowest BCUT2D eigenvalue weighted by atomic mass is 9.91. The molecule has 0 radical (unpaired) electrons. The molecule has 2 heterocycles. The molecule has 2 aromatic rings. The number of nitrogens with two attached hydrogens (primary N) is 1. The summed E-state index contributed by atoms with van der Waals surface area (Å²) in [5.74, 6) is 0.256. The number of anilines is 1. The van der Waals surface area contributed by atoms with Crippen molar-refractivity contribution in [2.75, 3.05) is 19.3 Å². The summed E-state index contributed by atoms with van der Waals surface area (Å²) in [5.41, 5.74) is 9.87. The van der Waals surface area contributed by atoms with Crippen LogP contribution in [0.1, 0.15) is 16.8 Å². The minimum atomic E-state index is 0.256. The predicted octanol–water partition coefficient (Wildman–Crippen LogP) is 3.50. The third-order valence-electron chi connectivity index (χ3n) is 3.88. The Morgan fingerprint density at radius 3 is 2.82 bits per heavy atom. The first-order chi connectivity index (χ1) is 10.5. The fraction of sp³-hybridized carbons (Fsp3) is 0.250. The van der Waals surface area contributed by atoms with Gasteiger partial charge >= 0.3 is 0 Å². The van der Waals surface area contributed by atoms with Gasteiger partial charge in [0.15, 0.2) is 0 Å². The Kier molecular flexibility index (Phi) is 3.96. The zero-order valence-electron chi connectivity index (χ0n) is 12.0. The van der Waals surface area contributed by atoms with Gasteiger partial charge in [-0.1, -0.05) is 29.3 Å². The maximum absolute atomic E-state index is 9.52. The van der Waals surface area contributed by atoms with Crippen LogP contribution in [0.4, 0.5) is 5.82 Å². The number of nitriles is 1. The number of aromatic nitrogens is 1. The highest BCUT2D eigenvalue weighted by Gasteiger charge is 2.25. The number of rotatable bonds is 1. The summed E-state index contributed by atoms with van der Waals surface area (Å²) in [5, 5.41) is 10.6.